The van der Waals surface area contributed by atoms with Crippen molar-refractivity contribution in [1.82, 2.24) is 9.97 Å². The molecular weight excluding hydrogens is 228 g/mol. The fourth-order valence-corrected chi connectivity index (χ4v) is 1.31. The van der Waals surface area contributed by atoms with Crippen LogP contribution in [0.2, 0.25) is 5.15 Å². The van der Waals surface area contributed by atoms with Crippen LogP contribution in [0.15, 0.2) is 0 Å². The number of hydrogen-bond acceptors (Lipinski definition) is 5. The van der Waals surface area contributed by atoms with Gasteiger partial charge < -0.3 is 16.6 Å². The van der Waals surface area contributed by atoms with Crippen molar-refractivity contribution >= 4 is 23.4 Å². The van der Waals surface area contributed by atoms with E-state index in [0.717, 1.165) is 6.42 Å². The molecule has 5 nitrogen and oxygen atoms in total. The number of hydrogen-bond donors (Lipinski definition) is 3. The quantitative estimate of drug-likeness (QED) is 0.525. The summed E-state index contributed by atoms with van der Waals surface area (Å²) >= 11 is 5.80. The summed E-state index contributed by atoms with van der Waals surface area (Å²) in [5.41, 5.74) is 11.2. The normalized spacial score (nSPS) is 11.7. The van der Waals surface area contributed by atoms with Gasteiger partial charge in [-0.05, 0) is 6.42 Å². The van der Waals surface area contributed by atoms with Crippen molar-refractivity contribution < 1.29 is 5.11 Å². The Kier molecular flexibility index (Phi) is 4.35. The fraction of sp³-hybridized carbons (Fsp3) is 0.400. The van der Waals surface area contributed by atoms with Crippen molar-refractivity contribution in [3.63, 3.8) is 0 Å². The monoisotopic (exact) mass is 240 g/mol. The topological polar surface area (TPSA) is 98.0 Å². The first-order chi connectivity index (χ1) is 7.54. The summed E-state index contributed by atoms with van der Waals surface area (Å²) in [4.78, 5) is 7.46. The van der Waals surface area contributed by atoms with Gasteiger partial charge in [-0.25, -0.2) is 0 Å². The molecule has 1 atom stereocenters. The van der Waals surface area contributed by atoms with Crippen LogP contribution in [0.4, 0.5) is 11.8 Å². The number of halogens is 1. The second kappa shape index (κ2) is 5.54. The van der Waals surface area contributed by atoms with Crippen molar-refractivity contribution in [1.29, 1.82) is 0 Å². The summed E-state index contributed by atoms with van der Waals surface area (Å²) < 4.78 is 0. The molecular formula is C10H13ClN4O. The lowest BCUT2D eigenvalue weighted by Gasteiger charge is -2.02. The number of nitrogens with two attached hydrogens (primary N) is 2. The van der Waals surface area contributed by atoms with Crippen LogP contribution in [-0.4, -0.2) is 21.2 Å². The molecule has 1 aromatic rings. The van der Waals surface area contributed by atoms with Crippen LogP contribution in [0.1, 0.15) is 25.3 Å². The van der Waals surface area contributed by atoms with Gasteiger partial charge in [-0.15, -0.1) is 0 Å². The van der Waals surface area contributed by atoms with Gasteiger partial charge in [0.2, 0.25) is 5.95 Å². The number of nitrogen functional groups attached to an aromatic ring is 2. The van der Waals surface area contributed by atoms with Gasteiger partial charge in [0.1, 0.15) is 17.5 Å². The molecule has 16 heavy (non-hydrogen) atoms. The zero-order chi connectivity index (χ0) is 12.1. The second-order valence-corrected chi connectivity index (χ2v) is 3.56. The number of rotatable bonds is 2. The van der Waals surface area contributed by atoms with E-state index in [0.29, 0.717) is 12.0 Å². The highest BCUT2D eigenvalue weighted by Gasteiger charge is 2.07. The molecule has 0 aromatic carbocycles. The second-order valence-electron chi connectivity index (χ2n) is 3.21. The lowest BCUT2D eigenvalue weighted by Crippen LogP contribution is -2.04. The molecule has 0 radical (unpaired) electrons. The molecule has 86 valence electrons. The molecule has 0 fully saturated rings. The zero-order valence-electron chi connectivity index (χ0n) is 8.87. The molecule has 0 aliphatic carbocycles. The Labute approximate surface area is 98.8 Å². The Morgan fingerprint density at radius 3 is 2.69 bits per heavy atom. The predicted octanol–water partition coefficient (Wildman–Crippen LogP) is 0.807. The maximum absolute atomic E-state index is 9.42. The SMILES string of the molecule is CCCC(O)C#Cc1c(N)nc(N)nc1Cl. The predicted molar refractivity (Wildman–Crippen MR) is 63.7 cm³/mol. The Morgan fingerprint density at radius 1 is 1.44 bits per heavy atom. The maximum Gasteiger partial charge on any atom is 0.223 e. The van der Waals surface area contributed by atoms with Crippen LogP contribution in [-0.2, 0) is 0 Å². The van der Waals surface area contributed by atoms with E-state index in [9.17, 15) is 5.11 Å². The molecule has 0 aliphatic heterocycles. The fourth-order valence-electron chi connectivity index (χ4n) is 1.08. The number of anilines is 2. The van der Waals surface area contributed by atoms with Crippen LogP contribution in [0.3, 0.4) is 0 Å². The number of nitrogens with zero attached hydrogens (tertiary/aromatic N) is 2. The highest BCUT2D eigenvalue weighted by molar-refractivity contribution is 6.31. The molecule has 0 spiro atoms. The summed E-state index contributed by atoms with van der Waals surface area (Å²) in [6.07, 6.45) is 0.746. The van der Waals surface area contributed by atoms with E-state index in [1.165, 1.54) is 0 Å². The van der Waals surface area contributed by atoms with Gasteiger partial charge >= 0.3 is 0 Å². The first-order valence-corrected chi connectivity index (χ1v) is 5.20. The largest absolute Gasteiger partial charge is 0.382 e. The molecule has 5 N–H and O–H groups in total. The smallest absolute Gasteiger partial charge is 0.223 e. The molecule has 1 aromatic heterocycles. The van der Waals surface area contributed by atoms with Crippen LogP contribution < -0.4 is 11.5 Å². The first-order valence-electron chi connectivity index (χ1n) is 4.82. The highest BCUT2D eigenvalue weighted by Crippen LogP contribution is 2.18. The van der Waals surface area contributed by atoms with Gasteiger partial charge in [0, 0.05) is 0 Å². The van der Waals surface area contributed by atoms with Crippen molar-refractivity contribution in [2.75, 3.05) is 11.5 Å². The Balaban J connectivity index is 2.97. The van der Waals surface area contributed by atoms with Gasteiger partial charge in [-0.2, -0.15) is 9.97 Å². The third-order valence-electron chi connectivity index (χ3n) is 1.84. The van der Waals surface area contributed by atoms with Crippen molar-refractivity contribution in [2.24, 2.45) is 0 Å². The minimum atomic E-state index is -0.696. The van der Waals surface area contributed by atoms with Crippen LogP contribution in [0.5, 0.6) is 0 Å². The first kappa shape index (κ1) is 12.6. The van der Waals surface area contributed by atoms with Crippen molar-refractivity contribution in [3.05, 3.63) is 10.7 Å². The van der Waals surface area contributed by atoms with E-state index in [1.54, 1.807) is 0 Å². The molecule has 6 heteroatoms. The van der Waals surface area contributed by atoms with Gasteiger partial charge in [0.25, 0.3) is 0 Å². The standard InChI is InChI=1S/C10H13ClN4O/c1-2-3-6(16)4-5-7-8(11)14-10(13)15-9(7)12/h6,16H,2-3H2,1H3,(H4,12,13,14,15). The van der Waals surface area contributed by atoms with E-state index >= 15 is 0 Å². The van der Waals surface area contributed by atoms with Crippen LogP contribution in [0, 0.1) is 11.8 Å². The van der Waals surface area contributed by atoms with E-state index in [4.69, 9.17) is 23.1 Å². The molecule has 1 heterocycles. The van der Waals surface area contributed by atoms with E-state index in [2.05, 4.69) is 21.8 Å². The average molecular weight is 241 g/mol. The third kappa shape index (κ3) is 3.26. The number of aliphatic hydroxyl groups is 1. The Morgan fingerprint density at radius 2 is 2.12 bits per heavy atom. The van der Waals surface area contributed by atoms with E-state index < -0.39 is 6.10 Å². The highest BCUT2D eigenvalue weighted by atomic mass is 35.5. The van der Waals surface area contributed by atoms with Crippen LogP contribution in [0.25, 0.3) is 0 Å². The van der Waals surface area contributed by atoms with E-state index in [-0.39, 0.29) is 16.9 Å². The van der Waals surface area contributed by atoms with Gasteiger partial charge in [0.15, 0.2) is 5.15 Å². The van der Waals surface area contributed by atoms with Crippen LogP contribution >= 0.6 is 11.6 Å². The maximum atomic E-state index is 9.42. The van der Waals surface area contributed by atoms with Gasteiger partial charge in [-0.1, -0.05) is 36.8 Å². The summed E-state index contributed by atoms with van der Waals surface area (Å²) in [5.74, 6) is 5.40. The van der Waals surface area contributed by atoms with Gasteiger partial charge in [0.05, 0.1) is 0 Å². The lowest BCUT2D eigenvalue weighted by molar-refractivity contribution is 0.221. The minimum absolute atomic E-state index is 0.00200. The van der Waals surface area contributed by atoms with E-state index in [1.807, 2.05) is 6.92 Å². The van der Waals surface area contributed by atoms with Crippen molar-refractivity contribution in [3.8, 4) is 11.8 Å². The minimum Gasteiger partial charge on any atom is -0.382 e. The third-order valence-corrected chi connectivity index (χ3v) is 2.11. The summed E-state index contributed by atoms with van der Waals surface area (Å²) in [5, 5.41) is 9.52. The Bertz CT molecular complexity index is 415. The molecule has 0 bridgehead atoms. The zero-order valence-corrected chi connectivity index (χ0v) is 9.62. The number of aromatic nitrogens is 2. The number of aliphatic hydroxyl groups excluding tert-OH is 1. The lowest BCUT2D eigenvalue weighted by atomic mass is 10.2. The molecule has 0 amide bonds. The summed E-state index contributed by atoms with van der Waals surface area (Å²) in [7, 11) is 0. The average Bonchev–Trinajstić information content (AvgIpc) is 2.16. The molecule has 1 rings (SSSR count). The molecule has 0 saturated heterocycles. The summed E-state index contributed by atoms with van der Waals surface area (Å²) in [6.45, 7) is 1.96. The summed E-state index contributed by atoms with van der Waals surface area (Å²) in [6, 6.07) is 0. The van der Waals surface area contributed by atoms with Crippen molar-refractivity contribution in [2.45, 2.75) is 25.9 Å². The van der Waals surface area contributed by atoms with Gasteiger partial charge in [-0.3, -0.25) is 0 Å². The molecule has 0 aliphatic rings. The Hall–Kier alpha value is -1.51. The molecule has 0 saturated carbocycles. The molecule has 1 unspecified atom stereocenters.